The van der Waals surface area contributed by atoms with Crippen LogP contribution >= 0.6 is 11.6 Å². The topological polar surface area (TPSA) is 85.5 Å². The Morgan fingerprint density at radius 2 is 2.03 bits per heavy atom. The highest BCUT2D eigenvalue weighted by Crippen LogP contribution is 2.35. The molecule has 0 bridgehead atoms. The second-order valence-corrected chi connectivity index (χ2v) is 9.01. The monoisotopic (exact) mass is 482 g/mol. The number of nitrogens with zero attached hydrogens (tertiary/aromatic N) is 2. The number of hydrogen-bond acceptors (Lipinski definition) is 3. The summed E-state index contributed by atoms with van der Waals surface area (Å²) in [6.45, 7) is 9.86. The summed E-state index contributed by atoms with van der Waals surface area (Å²) >= 11 is 6.21. The number of carbonyl (C=O) groups is 3. The molecule has 1 heterocycles. The van der Waals surface area contributed by atoms with Gasteiger partial charge in [-0.1, -0.05) is 55.1 Å². The summed E-state index contributed by atoms with van der Waals surface area (Å²) in [5.74, 6) is 0.293. The number of H-pyrrole nitrogens is 1. The quantitative estimate of drug-likeness (QED) is 0.361. The van der Waals surface area contributed by atoms with E-state index in [4.69, 9.17) is 11.6 Å². The summed E-state index contributed by atoms with van der Waals surface area (Å²) in [6, 6.07) is 4.00. The molecular formula is C26H31ClN4O3. The van der Waals surface area contributed by atoms with Crippen molar-refractivity contribution in [2.45, 2.75) is 31.8 Å². The average molecular weight is 483 g/mol. The third-order valence-electron chi connectivity index (χ3n) is 6.23. The van der Waals surface area contributed by atoms with E-state index in [1.165, 1.54) is 11.9 Å². The summed E-state index contributed by atoms with van der Waals surface area (Å²) in [5.41, 5.74) is 2.18. The molecule has 0 radical (unpaired) electrons. The van der Waals surface area contributed by atoms with E-state index in [1.807, 2.05) is 19.1 Å². The highest BCUT2D eigenvalue weighted by molar-refractivity contribution is 6.35. The Bertz CT molecular complexity index is 1120. The first-order valence-electron chi connectivity index (χ1n) is 11.3. The summed E-state index contributed by atoms with van der Waals surface area (Å²) in [7, 11) is 1.54. The second-order valence-electron chi connectivity index (χ2n) is 8.61. The van der Waals surface area contributed by atoms with Gasteiger partial charge in [0.1, 0.15) is 18.9 Å². The molecule has 1 aliphatic carbocycles. The summed E-state index contributed by atoms with van der Waals surface area (Å²) in [5, 5.41) is 3.98. The van der Waals surface area contributed by atoms with Crippen LogP contribution in [0.1, 0.15) is 31.4 Å². The molecule has 7 nitrogen and oxygen atoms in total. The maximum Gasteiger partial charge on any atom is 0.318 e. The van der Waals surface area contributed by atoms with Gasteiger partial charge in [0, 0.05) is 36.8 Å². The highest BCUT2D eigenvalue weighted by Gasteiger charge is 2.35. The van der Waals surface area contributed by atoms with Crippen LogP contribution in [-0.4, -0.2) is 59.2 Å². The van der Waals surface area contributed by atoms with Gasteiger partial charge in [-0.2, -0.15) is 0 Å². The molecule has 34 heavy (non-hydrogen) atoms. The van der Waals surface area contributed by atoms with E-state index in [-0.39, 0.29) is 18.5 Å². The van der Waals surface area contributed by atoms with Crippen molar-refractivity contribution < 1.29 is 14.4 Å². The highest BCUT2D eigenvalue weighted by atomic mass is 35.5. The number of allylic oxidation sites excluding steroid dienone is 2. The van der Waals surface area contributed by atoms with Crippen molar-refractivity contribution >= 4 is 40.7 Å². The zero-order chi connectivity index (χ0) is 24.8. The first kappa shape index (κ1) is 25.3. The molecule has 180 valence electrons. The number of benzene rings is 1. The summed E-state index contributed by atoms with van der Waals surface area (Å²) in [6.07, 6.45) is 9.69. The maximum absolute atomic E-state index is 13.2. The number of aromatic nitrogens is 1. The third-order valence-corrected chi connectivity index (χ3v) is 6.54. The number of carbonyl (C=O) groups excluding carboxylic acids is 3. The number of likely N-dealkylation sites (N-methyl/N-ethyl adjacent to an activating group) is 1. The van der Waals surface area contributed by atoms with Crippen molar-refractivity contribution in [3.8, 4) is 0 Å². The molecule has 0 aliphatic heterocycles. The third kappa shape index (κ3) is 5.78. The number of amides is 3. The van der Waals surface area contributed by atoms with Crippen molar-refractivity contribution in [2.75, 3.05) is 20.1 Å². The summed E-state index contributed by atoms with van der Waals surface area (Å²) < 4.78 is 0. The van der Waals surface area contributed by atoms with E-state index in [0.29, 0.717) is 34.9 Å². The number of aldehydes is 1. The van der Waals surface area contributed by atoms with Crippen LogP contribution in [0.5, 0.6) is 0 Å². The Morgan fingerprint density at radius 1 is 1.29 bits per heavy atom. The molecule has 1 aromatic heterocycles. The lowest BCUT2D eigenvalue weighted by Crippen LogP contribution is -2.49. The number of para-hydroxylation sites is 1. The minimum absolute atomic E-state index is 0.0517. The molecule has 8 heteroatoms. The fraction of sp³-hybridized carbons (Fsp3) is 0.346. The van der Waals surface area contributed by atoms with Gasteiger partial charge >= 0.3 is 6.03 Å². The largest absolute Gasteiger partial charge is 0.360 e. The number of fused-ring (bicyclic) bond motifs is 1. The van der Waals surface area contributed by atoms with Crippen molar-refractivity contribution in [3.63, 3.8) is 0 Å². The van der Waals surface area contributed by atoms with E-state index in [9.17, 15) is 14.4 Å². The van der Waals surface area contributed by atoms with Gasteiger partial charge in [-0.25, -0.2) is 4.79 Å². The molecule has 2 atom stereocenters. The van der Waals surface area contributed by atoms with Crippen LogP contribution in [-0.2, 0) is 9.59 Å². The van der Waals surface area contributed by atoms with Gasteiger partial charge in [-0.15, -0.1) is 0 Å². The molecule has 1 aliphatic rings. The first-order chi connectivity index (χ1) is 16.3. The predicted octanol–water partition coefficient (Wildman–Crippen LogP) is 4.63. The maximum atomic E-state index is 13.2. The molecule has 2 unspecified atom stereocenters. The Labute approximate surface area is 205 Å². The van der Waals surface area contributed by atoms with E-state index in [1.54, 1.807) is 35.4 Å². The van der Waals surface area contributed by atoms with Gasteiger partial charge in [0.05, 0.1) is 10.5 Å². The zero-order valence-electron chi connectivity index (χ0n) is 19.6. The van der Waals surface area contributed by atoms with Crippen molar-refractivity contribution in [2.24, 2.45) is 5.92 Å². The molecule has 1 fully saturated rings. The van der Waals surface area contributed by atoms with E-state index >= 15 is 0 Å². The first-order valence-corrected chi connectivity index (χ1v) is 11.6. The van der Waals surface area contributed by atoms with Crippen LogP contribution in [0.3, 0.4) is 0 Å². The standard InChI is InChI=1S/C26H31ClN4O3/c1-5-8-18(6-2)14-31(17(3)19-11-12-19)24(33)15-30(4)26(34)29-23(16-32)21-13-28-25-20(21)9-7-10-22(25)27/h5-10,13,16-17,19,23,28H,1-2,11-12,14-15H2,3-4H3,(H,29,34)/b18-8+. The lowest BCUT2D eigenvalue weighted by atomic mass is 10.1. The Morgan fingerprint density at radius 3 is 2.65 bits per heavy atom. The molecule has 1 aromatic carbocycles. The normalized spacial score (nSPS) is 15.3. The Balaban J connectivity index is 1.70. The number of hydrogen-bond donors (Lipinski definition) is 2. The van der Waals surface area contributed by atoms with E-state index in [2.05, 4.69) is 23.5 Å². The van der Waals surface area contributed by atoms with Crippen LogP contribution in [0.4, 0.5) is 4.79 Å². The van der Waals surface area contributed by atoms with Gasteiger partial charge < -0.3 is 24.9 Å². The van der Waals surface area contributed by atoms with Crippen LogP contribution < -0.4 is 5.32 Å². The molecule has 2 aromatic rings. The Kier molecular flexibility index (Phi) is 8.34. The number of halogens is 1. The van der Waals surface area contributed by atoms with Gasteiger partial charge in [0.15, 0.2) is 0 Å². The predicted molar refractivity (Wildman–Crippen MR) is 136 cm³/mol. The van der Waals surface area contributed by atoms with Crippen molar-refractivity contribution in [3.05, 3.63) is 71.9 Å². The molecule has 3 rings (SSSR count). The smallest absolute Gasteiger partial charge is 0.318 e. The molecule has 1 saturated carbocycles. The van der Waals surface area contributed by atoms with Gasteiger partial charge in [0.2, 0.25) is 5.91 Å². The number of rotatable bonds is 11. The average Bonchev–Trinajstić information content (AvgIpc) is 3.59. The number of urea groups is 1. The molecular weight excluding hydrogens is 452 g/mol. The van der Waals surface area contributed by atoms with Crippen LogP contribution in [0.15, 0.2) is 61.4 Å². The van der Waals surface area contributed by atoms with Crippen LogP contribution in [0.25, 0.3) is 10.9 Å². The minimum atomic E-state index is -0.887. The lowest BCUT2D eigenvalue weighted by molar-refractivity contribution is -0.133. The molecule has 2 N–H and O–H groups in total. The molecule has 0 saturated heterocycles. The molecule has 0 spiro atoms. The second kappa shape index (κ2) is 11.2. The lowest BCUT2D eigenvalue weighted by Gasteiger charge is -2.32. The van der Waals surface area contributed by atoms with Gasteiger partial charge in [-0.05, 0) is 37.3 Å². The van der Waals surface area contributed by atoms with Crippen molar-refractivity contribution in [1.29, 1.82) is 0 Å². The van der Waals surface area contributed by atoms with E-state index < -0.39 is 12.1 Å². The fourth-order valence-corrected chi connectivity index (χ4v) is 4.25. The minimum Gasteiger partial charge on any atom is -0.360 e. The van der Waals surface area contributed by atoms with Gasteiger partial charge in [0.25, 0.3) is 0 Å². The van der Waals surface area contributed by atoms with Gasteiger partial charge in [-0.3, -0.25) is 4.79 Å². The van der Waals surface area contributed by atoms with E-state index in [0.717, 1.165) is 23.8 Å². The van der Waals surface area contributed by atoms with Crippen LogP contribution in [0, 0.1) is 5.92 Å². The molecule has 3 amide bonds. The van der Waals surface area contributed by atoms with Crippen molar-refractivity contribution in [1.82, 2.24) is 20.1 Å². The summed E-state index contributed by atoms with van der Waals surface area (Å²) in [4.78, 5) is 44.0. The fourth-order valence-electron chi connectivity index (χ4n) is 4.02. The number of nitrogens with one attached hydrogen (secondary N) is 2. The number of aromatic amines is 1. The van der Waals surface area contributed by atoms with Crippen LogP contribution in [0.2, 0.25) is 5.02 Å². The zero-order valence-corrected chi connectivity index (χ0v) is 20.3. The Hall–Kier alpha value is -3.32. The SMILES string of the molecule is C=C/C=C(\C=C)CN(C(=O)CN(C)C(=O)NC(C=O)c1c[nH]c2c(Cl)cccc12)C(C)C1CC1.